The fraction of sp³-hybridized carbons (Fsp3) is 0.571. The van der Waals surface area contributed by atoms with E-state index in [-0.39, 0.29) is 33.2 Å². The first-order valence-electron chi connectivity index (χ1n) is 10.4. The van der Waals surface area contributed by atoms with Crippen LogP contribution in [-0.4, -0.2) is 70.7 Å². The second-order valence-corrected chi connectivity index (χ2v) is 11.2. The van der Waals surface area contributed by atoms with Gasteiger partial charge in [-0.3, -0.25) is 0 Å². The number of anilines is 1. The van der Waals surface area contributed by atoms with Crippen molar-refractivity contribution in [3.8, 4) is 0 Å². The highest BCUT2D eigenvalue weighted by Gasteiger charge is 2.42. The first kappa shape index (κ1) is 23.8. The molecular weight excluding hydrogens is 523 g/mol. The second kappa shape index (κ2) is 9.12. The van der Waals surface area contributed by atoms with Gasteiger partial charge in [0.25, 0.3) is 0 Å². The molecule has 0 radical (unpaired) electrons. The van der Waals surface area contributed by atoms with Gasteiger partial charge in [-0.15, -0.1) is 0 Å². The number of thioether (sulfide) groups is 1. The number of morpholine rings is 1. The summed E-state index contributed by atoms with van der Waals surface area (Å²) in [6.07, 6.45) is -0.346. The minimum absolute atomic E-state index is 0.155. The van der Waals surface area contributed by atoms with Crippen LogP contribution in [-0.2, 0) is 9.47 Å². The number of hydrogen-bond donors (Lipinski definition) is 0. The number of fused-ring (bicyclic) bond motifs is 3. The third-order valence-electron chi connectivity index (χ3n) is 5.23. The molecule has 0 N–H and O–H groups in total. The number of nitrogens with zero attached hydrogens (tertiary/aromatic N) is 4. The number of benzene rings is 1. The van der Waals surface area contributed by atoms with E-state index in [0.29, 0.717) is 42.7 Å². The van der Waals surface area contributed by atoms with E-state index >= 15 is 4.39 Å². The average molecular weight is 548 g/mol. The Hall–Kier alpha value is -1.36. The lowest BCUT2D eigenvalue weighted by Crippen LogP contribution is -2.66. The molecule has 3 heterocycles. The molecule has 0 saturated carbocycles. The largest absolute Gasteiger partial charge is 0.444 e. The minimum atomic E-state index is -0.573. The van der Waals surface area contributed by atoms with Gasteiger partial charge in [0.1, 0.15) is 16.9 Å². The second-order valence-electron chi connectivity index (χ2n) is 8.78. The normalized spacial score (nSPS) is 21.2. The number of carbonyl (C=O) groups is 1. The van der Waals surface area contributed by atoms with Crippen LogP contribution in [0.4, 0.5) is 15.0 Å². The molecule has 2 aromatic rings. The number of rotatable bonds is 3. The van der Waals surface area contributed by atoms with Crippen molar-refractivity contribution < 1.29 is 18.7 Å². The van der Waals surface area contributed by atoms with Crippen molar-refractivity contribution in [2.45, 2.75) is 50.5 Å². The SMILES string of the molecule is CCSc1nc(N2C3COCC2CN(C(=O)OC(C)(C)C)C3)c2cc(Cl)c(Br)c(F)c2n1. The molecule has 2 aliphatic rings. The molecule has 32 heavy (non-hydrogen) atoms. The van der Waals surface area contributed by atoms with Gasteiger partial charge in [-0.05, 0) is 48.5 Å². The Morgan fingerprint density at radius 1 is 1.34 bits per heavy atom. The Bertz CT molecular complexity index is 1040. The van der Waals surface area contributed by atoms with E-state index in [0.717, 1.165) is 5.75 Å². The molecule has 7 nitrogen and oxygen atoms in total. The van der Waals surface area contributed by atoms with Crippen LogP contribution in [0.15, 0.2) is 15.7 Å². The maximum atomic E-state index is 15.1. The van der Waals surface area contributed by atoms with E-state index in [9.17, 15) is 4.79 Å². The van der Waals surface area contributed by atoms with E-state index in [4.69, 9.17) is 26.1 Å². The summed E-state index contributed by atoms with van der Waals surface area (Å²) in [5.74, 6) is 0.855. The topological polar surface area (TPSA) is 67.8 Å². The molecule has 4 rings (SSSR count). The van der Waals surface area contributed by atoms with E-state index in [1.54, 1.807) is 11.0 Å². The molecule has 2 atom stereocenters. The standard InChI is InChI=1S/C21H25BrClFN4O3S/c1-5-32-19-25-17-13(6-14(23)15(22)16(17)24)18(26-19)28-11-7-27(8-12(28)10-30-9-11)20(29)31-21(2,3)4/h6,11-12H,5,7-10H2,1-4H3. The van der Waals surface area contributed by atoms with Gasteiger partial charge in [-0.25, -0.2) is 19.2 Å². The smallest absolute Gasteiger partial charge is 0.410 e. The molecule has 2 bridgehead atoms. The van der Waals surface area contributed by atoms with E-state index in [1.165, 1.54) is 11.8 Å². The number of amides is 1. The van der Waals surface area contributed by atoms with Crippen LogP contribution >= 0.6 is 39.3 Å². The van der Waals surface area contributed by atoms with Crippen LogP contribution in [0.1, 0.15) is 27.7 Å². The first-order chi connectivity index (χ1) is 15.1. The number of hydrogen-bond acceptors (Lipinski definition) is 7. The summed E-state index contributed by atoms with van der Waals surface area (Å²) in [4.78, 5) is 25.8. The van der Waals surface area contributed by atoms with Gasteiger partial charge in [0.15, 0.2) is 11.0 Å². The van der Waals surface area contributed by atoms with Crippen molar-refractivity contribution in [1.29, 1.82) is 0 Å². The Labute approximate surface area is 204 Å². The van der Waals surface area contributed by atoms with Crippen LogP contribution in [0, 0.1) is 5.82 Å². The quantitative estimate of drug-likeness (QED) is 0.300. The summed E-state index contributed by atoms with van der Waals surface area (Å²) in [5.41, 5.74) is -0.354. The van der Waals surface area contributed by atoms with Crippen LogP contribution < -0.4 is 4.90 Å². The predicted molar refractivity (Wildman–Crippen MR) is 127 cm³/mol. The third-order valence-corrected chi connectivity index (χ3v) is 7.26. The maximum absolute atomic E-state index is 15.1. The highest BCUT2D eigenvalue weighted by molar-refractivity contribution is 9.10. The molecule has 1 aromatic heterocycles. The highest BCUT2D eigenvalue weighted by atomic mass is 79.9. The van der Waals surface area contributed by atoms with Gasteiger partial charge in [0.05, 0.1) is 34.8 Å². The number of ether oxygens (including phenoxy) is 2. The highest BCUT2D eigenvalue weighted by Crippen LogP contribution is 2.39. The summed E-state index contributed by atoms with van der Waals surface area (Å²) in [6.45, 7) is 9.22. The van der Waals surface area contributed by atoms with Gasteiger partial charge in [0, 0.05) is 18.5 Å². The molecule has 2 fully saturated rings. The van der Waals surface area contributed by atoms with E-state index in [1.807, 2.05) is 27.7 Å². The number of carbonyl (C=O) groups excluding carboxylic acids is 1. The molecule has 1 amide bonds. The molecule has 2 saturated heterocycles. The number of aromatic nitrogens is 2. The zero-order chi connectivity index (χ0) is 23.2. The average Bonchev–Trinajstić information content (AvgIpc) is 2.70. The molecule has 11 heteroatoms. The van der Waals surface area contributed by atoms with Crippen molar-refractivity contribution in [3.63, 3.8) is 0 Å². The number of piperazine rings is 1. The Kier molecular flexibility index (Phi) is 6.78. The van der Waals surface area contributed by atoms with Crippen molar-refractivity contribution in [3.05, 3.63) is 21.4 Å². The van der Waals surface area contributed by atoms with Gasteiger partial charge >= 0.3 is 6.09 Å². The Morgan fingerprint density at radius 2 is 2.00 bits per heavy atom. The van der Waals surface area contributed by atoms with Crippen LogP contribution in [0.2, 0.25) is 5.02 Å². The van der Waals surface area contributed by atoms with Crippen LogP contribution in [0.25, 0.3) is 10.9 Å². The molecule has 1 aromatic carbocycles. The zero-order valence-corrected chi connectivity index (χ0v) is 21.5. The fourth-order valence-electron chi connectivity index (χ4n) is 4.01. The van der Waals surface area contributed by atoms with Gasteiger partial charge < -0.3 is 19.3 Å². The molecule has 174 valence electrons. The maximum Gasteiger partial charge on any atom is 0.410 e. The summed E-state index contributed by atoms with van der Waals surface area (Å²) in [5, 5.41) is 1.29. The van der Waals surface area contributed by atoms with Crippen molar-refractivity contribution >= 4 is 62.1 Å². The number of halogens is 3. The fourth-order valence-corrected chi connectivity index (χ4v) is 5.07. The van der Waals surface area contributed by atoms with E-state index in [2.05, 4.69) is 25.8 Å². The molecule has 2 unspecified atom stereocenters. The minimum Gasteiger partial charge on any atom is -0.444 e. The zero-order valence-electron chi connectivity index (χ0n) is 18.3. The lowest BCUT2D eigenvalue weighted by molar-refractivity contribution is -0.0106. The Morgan fingerprint density at radius 3 is 2.59 bits per heavy atom. The van der Waals surface area contributed by atoms with Crippen molar-refractivity contribution in [1.82, 2.24) is 14.9 Å². The molecule has 0 aliphatic carbocycles. The van der Waals surface area contributed by atoms with E-state index < -0.39 is 11.4 Å². The van der Waals surface area contributed by atoms with Crippen molar-refractivity contribution in [2.75, 3.05) is 37.0 Å². The van der Waals surface area contributed by atoms with Gasteiger partial charge in [-0.1, -0.05) is 30.3 Å². The molecule has 0 spiro atoms. The van der Waals surface area contributed by atoms with Gasteiger partial charge in [0.2, 0.25) is 0 Å². The van der Waals surface area contributed by atoms with Crippen LogP contribution in [0.5, 0.6) is 0 Å². The lowest BCUT2D eigenvalue weighted by Gasteiger charge is -2.50. The van der Waals surface area contributed by atoms with Crippen molar-refractivity contribution in [2.24, 2.45) is 0 Å². The van der Waals surface area contributed by atoms with Crippen LogP contribution in [0.3, 0.4) is 0 Å². The monoisotopic (exact) mass is 546 g/mol. The van der Waals surface area contributed by atoms with Gasteiger partial charge in [-0.2, -0.15) is 0 Å². The summed E-state index contributed by atoms with van der Waals surface area (Å²) < 4.78 is 26.7. The summed E-state index contributed by atoms with van der Waals surface area (Å²) in [6, 6.07) is 1.38. The summed E-state index contributed by atoms with van der Waals surface area (Å²) >= 11 is 11.0. The Balaban J connectivity index is 1.76. The lowest BCUT2D eigenvalue weighted by atomic mass is 10.0. The molecule has 2 aliphatic heterocycles. The molecular formula is C21H25BrClFN4O3S. The predicted octanol–water partition coefficient (Wildman–Crippen LogP) is 5.12. The third kappa shape index (κ3) is 4.64. The first-order valence-corrected chi connectivity index (χ1v) is 12.6. The summed E-state index contributed by atoms with van der Waals surface area (Å²) in [7, 11) is 0.